The Morgan fingerprint density at radius 1 is 1.12 bits per heavy atom. The molecule has 0 aliphatic carbocycles. The van der Waals surface area contributed by atoms with Gasteiger partial charge in [0, 0.05) is 5.41 Å². The summed E-state index contributed by atoms with van der Waals surface area (Å²) in [4.78, 5) is 16.3. The van der Waals surface area contributed by atoms with Crippen molar-refractivity contribution in [3.63, 3.8) is 0 Å². The summed E-state index contributed by atoms with van der Waals surface area (Å²) in [6, 6.07) is 0. The molecule has 16 heavy (non-hydrogen) atoms. The maximum atomic E-state index is 11.9. The average Bonchev–Trinajstić information content (AvgIpc) is 2.13. The molecule has 0 unspecified atom stereocenters. The van der Waals surface area contributed by atoms with Gasteiger partial charge in [0.2, 0.25) is 0 Å². The second-order valence-electron chi connectivity index (χ2n) is 5.70. The molecular formula is C13H28N2O. The second kappa shape index (κ2) is 7.02. The molecule has 0 aromatic rings. The van der Waals surface area contributed by atoms with Gasteiger partial charge in [0.1, 0.15) is 0 Å². The minimum absolute atomic E-state index is 0.213. The largest absolute Gasteiger partial charge is 0.309 e. The van der Waals surface area contributed by atoms with Crippen molar-refractivity contribution < 1.29 is 4.79 Å². The van der Waals surface area contributed by atoms with Gasteiger partial charge >= 0.3 is 0 Å². The van der Waals surface area contributed by atoms with E-state index in [0.29, 0.717) is 12.3 Å². The summed E-state index contributed by atoms with van der Waals surface area (Å²) in [6.07, 6.45) is 1.12. The normalized spacial score (nSPS) is 12.5. The van der Waals surface area contributed by atoms with Crippen LogP contribution in [-0.2, 0) is 4.79 Å². The van der Waals surface area contributed by atoms with E-state index in [0.717, 1.165) is 26.1 Å². The van der Waals surface area contributed by atoms with Crippen molar-refractivity contribution in [2.75, 3.05) is 40.3 Å². The van der Waals surface area contributed by atoms with Gasteiger partial charge in [-0.25, -0.2) is 0 Å². The highest BCUT2D eigenvalue weighted by Crippen LogP contribution is 2.15. The zero-order chi connectivity index (χ0) is 12.8. The van der Waals surface area contributed by atoms with E-state index >= 15 is 0 Å². The molecule has 96 valence electrons. The van der Waals surface area contributed by atoms with Crippen LogP contribution in [0.5, 0.6) is 0 Å². The molecule has 0 saturated heterocycles. The van der Waals surface area contributed by atoms with Crippen LogP contribution in [0.3, 0.4) is 0 Å². The number of carbonyl (C=O) groups excluding carboxylic acids is 1. The molecule has 0 aliphatic heterocycles. The molecule has 0 aromatic carbocycles. The van der Waals surface area contributed by atoms with Gasteiger partial charge in [-0.1, -0.05) is 27.7 Å². The Kier molecular flexibility index (Phi) is 6.84. The zero-order valence-corrected chi connectivity index (χ0v) is 11.8. The zero-order valence-electron chi connectivity index (χ0n) is 11.8. The lowest BCUT2D eigenvalue weighted by molar-refractivity contribution is -0.127. The fourth-order valence-corrected chi connectivity index (χ4v) is 1.40. The summed E-state index contributed by atoms with van der Waals surface area (Å²) in [5.74, 6) is 0.333. The van der Waals surface area contributed by atoms with E-state index in [1.165, 1.54) is 0 Å². The maximum Gasteiger partial charge on any atom is 0.152 e. The first kappa shape index (κ1) is 15.6. The second-order valence-corrected chi connectivity index (χ2v) is 5.70. The lowest BCUT2D eigenvalue weighted by Crippen LogP contribution is -2.37. The summed E-state index contributed by atoms with van der Waals surface area (Å²) >= 11 is 0. The Morgan fingerprint density at radius 3 is 2.06 bits per heavy atom. The van der Waals surface area contributed by atoms with Crippen LogP contribution in [0.15, 0.2) is 0 Å². The summed E-state index contributed by atoms with van der Waals surface area (Å²) in [6.45, 7) is 11.7. The quantitative estimate of drug-likeness (QED) is 0.664. The third-order valence-corrected chi connectivity index (χ3v) is 2.73. The number of nitrogens with zero attached hydrogens (tertiary/aromatic N) is 2. The first-order valence-electron chi connectivity index (χ1n) is 6.17. The van der Waals surface area contributed by atoms with Gasteiger partial charge in [0.05, 0.1) is 6.54 Å². The molecule has 0 N–H and O–H groups in total. The van der Waals surface area contributed by atoms with Crippen molar-refractivity contribution in [3.8, 4) is 0 Å². The summed E-state index contributed by atoms with van der Waals surface area (Å²) in [5.41, 5.74) is -0.213. The molecule has 3 nitrogen and oxygen atoms in total. The highest BCUT2D eigenvalue weighted by Gasteiger charge is 2.22. The minimum atomic E-state index is -0.213. The third kappa shape index (κ3) is 6.96. The predicted octanol–water partition coefficient (Wildman–Crippen LogP) is 1.88. The van der Waals surface area contributed by atoms with Crippen LogP contribution in [0.4, 0.5) is 0 Å². The van der Waals surface area contributed by atoms with Crippen LogP contribution in [0.2, 0.25) is 0 Å². The molecular weight excluding hydrogens is 200 g/mol. The Hall–Kier alpha value is -0.410. The summed E-state index contributed by atoms with van der Waals surface area (Å²) in [7, 11) is 4.16. The number of carbonyl (C=O) groups is 1. The van der Waals surface area contributed by atoms with E-state index in [-0.39, 0.29) is 5.41 Å². The van der Waals surface area contributed by atoms with Gasteiger partial charge < -0.3 is 4.90 Å². The van der Waals surface area contributed by atoms with E-state index in [1.54, 1.807) is 0 Å². The van der Waals surface area contributed by atoms with Crippen LogP contribution in [0, 0.1) is 5.41 Å². The van der Waals surface area contributed by atoms with Gasteiger partial charge in [-0.05, 0) is 40.2 Å². The Labute approximate surface area is 101 Å². The van der Waals surface area contributed by atoms with Gasteiger partial charge in [-0.15, -0.1) is 0 Å². The molecule has 3 heteroatoms. The van der Waals surface area contributed by atoms with Crippen LogP contribution < -0.4 is 0 Å². The highest BCUT2D eigenvalue weighted by atomic mass is 16.1. The number of likely N-dealkylation sites (N-methyl/N-ethyl adjacent to an activating group) is 1. The van der Waals surface area contributed by atoms with Crippen molar-refractivity contribution >= 4 is 5.78 Å². The van der Waals surface area contributed by atoms with E-state index < -0.39 is 0 Å². The van der Waals surface area contributed by atoms with Gasteiger partial charge in [0.15, 0.2) is 5.78 Å². The van der Waals surface area contributed by atoms with E-state index in [4.69, 9.17) is 0 Å². The Morgan fingerprint density at radius 2 is 1.69 bits per heavy atom. The van der Waals surface area contributed by atoms with Crippen LogP contribution in [0.1, 0.15) is 34.1 Å². The molecule has 0 bridgehead atoms. The standard InChI is InChI=1S/C13H28N2O/c1-7-15(10-8-9-14(5)6)11-12(16)13(2,3)4/h7-11H2,1-6H3. The monoisotopic (exact) mass is 228 g/mol. The van der Waals surface area contributed by atoms with Crippen LogP contribution in [0.25, 0.3) is 0 Å². The molecule has 0 amide bonds. The highest BCUT2D eigenvalue weighted by molar-refractivity contribution is 5.85. The molecule has 0 spiro atoms. The van der Waals surface area contributed by atoms with E-state index in [1.807, 2.05) is 20.8 Å². The van der Waals surface area contributed by atoms with Gasteiger partial charge in [0.25, 0.3) is 0 Å². The van der Waals surface area contributed by atoms with Crippen molar-refractivity contribution in [3.05, 3.63) is 0 Å². The maximum absolute atomic E-state index is 11.9. The summed E-state index contributed by atoms with van der Waals surface area (Å²) < 4.78 is 0. The first-order valence-corrected chi connectivity index (χ1v) is 6.17. The van der Waals surface area contributed by atoms with Crippen molar-refractivity contribution in [1.29, 1.82) is 0 Å². The van der Waals surface area contributed by atoms with E-state index in [2.05, 4.69) is 30.8 Å². The molecule has 0 heterocycles. The van der Waals surface area contributed by atoms with Gasteiger partial charge in [-0.2, -0.15) is 0 Å². The molecule has 0 aliphatic rings. The fourth-order valence-electron chi connectivity index (χ4n) is 1.40. The van der Waals surface area contributed by atoms with Crippen molar-refractivity contribution in [1.82, 2.24) is 9.80 Å². The average molecular weight is 228 g/mol. The molecule has 0 fully saturated rings. The molecule has 0 saturated carbocycles. The molecule has 0 atom stereocenters. The molecule has 0 rings (SSSR count). The predicted molar refractivity (Wildman–Crippen MR) is 69.7 cm³/mol. The first-order chi connectivity index (χ1) is 7.27. The smallest absolute Gasteiger partial charge is 0.152 e. The SMILES string of the molecule is CCN(CCCN(C)C)CC(=O)C(C)(C)C. The third-order valence-electron chi connectivity index (χ3n) is 2.73. The Bertz CT molecular complexity index is 206. The van der Waals surface area contributed by atoms with Crippen LogP contribution >= 0.6 is 0 Å². The Balaban J connectivity index is 3.97. The number of hydrogen-bond donors (Lipinski definition) is 0. The van der Waals surface area contributed by atoms with Gasteiger partial charge in [-0.3, -0.25) is 9.69 Å². The van der Waals surface area contributed by atoms with Crippen molar-refractivity contribution in [2.24, 2.45) is 5.41 Å². The topological polar surface area (TPSA) is 23.6 Å². The number of ketones is 1. The fraction of sp³-hybridized carbons (Fsp3) is 0.923. The minimum Gasteiger partial charge on any atom is -0.309 e. The lowest BCUT2D eigenvalue weighted by Gasteiger charge is -2.25. The van der Waals surface area contributed by atoms with Crippen LogP contribution in [-0.4, -0.2) is 55.9 Å². The molecule has 0 aromatic heterocycles. The number of rotatable bonds is 7. The molecule has 0 radical (unpaired) electrons. The lowest BCUT2D eigenvalue weighted by atomic mass is 9.90. The number of hydrogen-bond acceptors (Lipinski definition) is 3. The number of Topliss-reactive ketones (excluding diaryl/α,β-unsaturated/α-hetero) is 1. The van der Waals surface area contributed by atoms with Crippen molar-refractivity contribution in [2.45, 2.75) is 34.1 Å². The summed E-state index contributed by atoms with van der Waals surface area (Å²) in [5, 5.41) is 0. The van der Waals surface area contributed by atoms with E-state index in [9.17, 15) is 4.79 Å².